The van der Waals surface area contributed by atoms with Gasteiger partial charge < -0.3 is 20.7 Å². The highest BCUT2D eigenvalue weighted by Gasteiger charge is 2.24. The third-order valence-corrected chi connectivity index (χ3v) is 5.16. The molecule has 1 fully saturated rings. The Labute approximate surface area is 161 Å². The first-order chi connectivity index (χ1) is 12.9. The minimum absolute atomic E-state index is 0.198. The summed E-state index contributed by atoms with van der Waals surface area (Å²) in [7, 11) is 1.59. The molecule has 2 aromatic rings. The topological polar surface area (TPSA) is 67.6 Å². The lowest BCUT2D eigenvalue weighted by atomic mass is 9.91. The van der Waals surface area contributed by atoms with Gasteiger partial charge in [0.25, 0.3) is 5.91 Å². The van der Waals surface area contributed by atoms with Crippen molar-refractivity contribution in [3.05, 3.63) is 47.5 Å². The molecule has 0 aromatic heterocycles. The summed E-state index contributed by atoms with van der Waals surface area (Å²) in [4.78, 5) is 15.1. The predicted octanol–water partition coefficient (Wildman–Crippen LogP) is 4.32. The zero-order valence-corrected chi connectivity index (χ0v) is 16.6. The largest absolute Gasteiger partial charge is 0.497 e. The molecule has 1 aliphatic rings. The second kappa shape index (κ2) is 7.91. The van der Waals surface area contributed by atoms with Crippen LogP contribution in [0.4, 0.5) is 17.1 Å². The van der Waals surface area contributed by atoms with Gasteiger partial charge in [0.1, 0.15) is 5.75 Å². The van der Waals surface area contributed by atoms with E-state index < -0.39 is 0 Å². The molecule has 0 bridgehead atoms. The maximum atomic E-state index is 12.7. The maximum Gasteiger partial charge on any atom is 0.255 e. The molecule has 0 radical (unpaired) electrons. The van der Waals surface area contributed by atoms with Crippen molar-refractivity contribution in [2.75, 3.05) is 36.1 Å². The van der Waals surface area contributed by atoms with Gasteiger partial charge in [-0.2, -0.15) is 0 Å². The van der Waals surface area contributed by atoms with Crippen LogP contribution in [0, 0.1) is 18.8 Å². The molecule has 1 saturated heterocycles. The Morgan fingerprint density at radius 1 is 1.19 bits per heavy atom. The zero-order chi connectivity index (χ0) is 19.6. The van der Waals surface area contributed by atoms with E-state index in [4.69, 9.17) is 10.5 Å². The van der Waals surface area contributed by atoms with Crippen LogP contribution in [-0.4, -0.2) is 26.1 Å². The Kier molecular flexibility index (Phi) is 5.59. The SMILES string of the molecule is COc1cccc(C(=O)Nc2cc(N3CC(C)CC(C)C3)c(C)cc2N)c1. The van der Waals surface area contributed by atoms with Gasteiger partial charge in [-0.1, -0.05) is 19.9 Å². The average Bonchev–Trinajstić information content (AvgIpc) is 2.63. The highest BCUT2D eigenvalue weighted by molar-refractivity contribution is 6.06. The van der Waals surface area contributed by atoms with Gasteiger partial charge in [-0.25, -0.2) is 0 Å². The number of amides is 1. The first-order valence-corrected chi connectivity index (χ1v) is 9.47. The highest BCUT2D eigenvalue weighted by atomic mass is 16.5. The number of rotatable bonds is 4. The summed E-state index contributed by atoms with van der Waals surface area (Å²) in [6, 6.07) is 11.0. The van der Waals surface area contributed by atoms with Crippen LogP contribution in [0.1, 0.15) is 36.2 Å². The number of nitrogens with two attached hydrogens (primary N) is 1. The van der Waals surface area contributed by atoms with E-state index in [2.05, 4.69) is 31.0 Å². The summed E-state index contributed by atoms with van der Waals surface area (Å²) < 4.78 is 5.20. The van der Waals surface area contributed by atoms with Gasteiger partial charge in [-0.15, -0.1) is 0 Å². The molecular formula is C22H29N3O2. The number of carbonyl (C=O) groups is 1. The number of benzene rings is 2. The fourth-order valence-electron chi connectivity index (χ4n) is 3.99. The summed E-state index contributed by atoms with van der Waals surface area (Å²) in [5.41, 5.74) is 10.2. The monoisotopic (exact) mass is 367 g/mol. The first-order valence-electron chi connectivity index (χ1n) is 9.47. The van der Waals surface area contributed by atoms with E-state index in [0.29, 0.717) is 34.5 Å². The van der Waals surface area contributed by atoms with Crippen LogP contribution in [0.5, 0.6) is 5.75 Å². The van der Waals surface area contributed by atoms with Crippen molar-refractivity contribution < 1.29 is 9.53 Å². The van der Waals surface area contributed by atoms with Crippen molar-refractivity contribution in [1.82, 2.24) is 0 Å². The molecule has 2 aromatic carbocycles. The lowest BCUT2D eigenvalue weighted by molar-refractivity contribution is 0.102. The lowest BCUT2D eigenvalue weighted by Crippen LogP contribution is -2.39. The normalized spacial score (nSPS) is 19.6. The van der Waals surface area contributed by atoms with Crippen LogP contribution in [0.15, 0.2) is 36.4 Å². The molecule has 1 heterocycles. The number of ether oxygens (including phenoxy) is 1. The molecule has 1 amide bonds. The van der Waals surface area contributed by atoms with Gasteiger partial charge in [0.2, 0.25) is 0 Å². The Hall–Kier alpha value is -2.69. The zero-order valence-electron chi connectivity index (χ0n) is 16.6. The molecule has 2 unspecified atom stereocenters. The minimum atomic E-state index is -0.198. The van der Waals surface area contributed by atoms with Gasteiger partial charge in [0.15, 0.2) is 0 Å². The van der Waals surface area contributed by atoms with E-state index in [9.17, 15) is 4.79 Å². The number of methoxy groups -OCH3 is 1. The van der Waals surface area contributed by atoms with Crippen LogP contribution in [-0.2, 0) is 0 Å². The van der Waals surface area contributed by atoms with E-state index in [-0.39, 0.29) is 5.91 Å². The quantitative estimate of drug-likeness (QED) is 0.790. The molecule has 2 atom stereocenters. The van der Waals surface area contributed by atoms with Crippen LogP contribution in [0.2, 0.25) is 0 Å². The Bertz CT molecular complexity index is 824. The first kappa shape index (κ1) is 19.1. The van der Waals surface area contributed by atoms with E-state index in [1.807, 2.05) is 18.2 Å². The molecule has 3 rings (SSSR count). The number of anilines is 3. The van der Waals surface area contributed by atoms with Crippen molar-refractivity contribution in [2.45, 2.75) is 27.2 Å². The number of hydrogen-bond donors (Lipinski definition) is 2. The van der Waals surface area contributed by atoms with Crippen molar-refractivity contribution >= 4 is 23.0 Å². The standard InChI is InChI=1S/C22H29N3O2/c1-14-8-15(2)13-25(12-14)21-11-20(19(23)9-16(21)3)24-22(26)17-6-5-7-18(10-17)27-4/h5-7,9-11,14-15H,8,12-13,23H2,1-4H3,(H,24,26). The maximum absolute atomic E-state index is 12.7. The fourth-order valence-corrected chi connectivity index (χ4v) is 3.99. The molecule has 3 N–H and O–H groups in total. The second-order valence-corrected chi connectivity index (χ2v) is 7.76. The van der Waals surface area contributed by atoms with Gasteiger partial charge >= 0.3 is 0 Å². The van der Waals surface area contributed by atoms with E-state index in [1.165, 1.54) is 6.42 Å². The molecule has 0 saturated carbocycles. The van der Waals surface area contributed by atoms with E-state index >= 15 is 0 Å². The molecule has 0 aliphatic carbocycles. The summed E-state index contributed by atoms with van der Waals surface area (Å²) >= 11 is 0. The Balaban J connectivity index is 1.86. The molecule has 5 nitrogen and oxygen atoms in total. The van der Waals surface area contributed by atoms with Crippen molar-refractivity contribution in [3.8, 4) is 5.75 Å². The van der Waals surface area contributed by atoms with Crippen LogP contribution in [0.3, 0.4) is 0 Å². The number of nitrogens with one attached hydrogen (secondary N) is 1. The Morgan fingerprint density at radius 3 is 2.56 bits per heavy atom. The molecule has 5 heteroatoms. The van der Waals surface area contributed by atoms with Crippen LogP contribution >= 0.6 is 0 Å². The van der Waals surface area contributed by atoms with Gasteiger partial charge in [-0.05, 0) is 61.1 Å². The average molecular weight is 367 g/mol. The smallest absolute Gasteiger partial charge is 0.255 e. The summed E-state index contributed by atoms with van der Waals surface area (Å²) in [5.74, 6) is 1.76. The molecule has 27 heavy (non-hydrogen) atoms. The second-order valence-electron chi connectivity index (χ2n) is 7.76. The molecule has 1 aliphatic heterocycles. The van der Waals surface area contributed by atoms with Gasteiger partial charge in [0.05, 0.1) is 18.5 Å². The lowest BCUT2D eigenvalue weighted by Gasteiger charge is -2.37. The number of piperidine rings is 1. The van der Waals surface area contributed by atoms with Gasteiger partial charge in [0, 0.05) is 24.3 Å². The summed E-state index contributed by atoms with van der Waals surface area (Å²) in [6.45, 7) is 8.71. The fraction of sp³-hybridized carbons (Fsp3) is 0.409. The third-order valence-electron chi connectivity index (χ3n) is 5.16. The predicted molar refractivity (Wildman–Crippen MR) is 112 cm³/mol. The van der Waals surface area contributed by atoms with Crippen LogP contribution in [0.25, 0.3) is 0 Å². The summed E-state index contributed by atoms with van der Waals surface area (Å²) in [6.07, 6.45) is 1.25. The van der Waals surface area contributed by atoms with Crippen molar-refractivity contribution in [1.29, 1.82) is 0 Å². The molecular weight excluding hydrogens is 338 g/mol. The number of nitrogen functional groups attached to an aromatic ring is 1. The Morgan fingerprint density at radius 2 is 1.89 bits per heavy atom. The molecule has 144 valence electrons. The third kappa shape index (κ3) is 4.35. The number of carbonyl (C=O) groups excluding carboxylic acids is 1. The van der Waals surface area contributed by atoms with Crippen LogP contribution < -0.4 is 20.7 Å². The number of aryl methyl sites for hydroxylation is 1. The van der Waals surface area contributed by atoms with E-state index in [0.717, 1.165) is 24.3 Å². The summed E-state index contributed by atoms with van der Waals surface area (Å²) in [5, 5.41) is 2.96. The van der Waals surface area contributed by atoms with E-state index in [1.54, 1.807) is 25.3 Å². The van der Waals surface area contributed by atoms with Crippen molar-refractivity contribution in [3.63, 3.8) is 0 Å². The number of nitrogens with zero attached hydrogens (tertiary/aromatic N) is 1. The van der Waals surface area contributed by atoms with Gasteiger partial charge in [-0.3, -0.25) is 4.79 Å². The minimum Gasteiger partial charge on any atom is -0.497 e. The van der Waals surface area contributed by atoms with Crippen molar-refractivity contribution in [2.24, 2.45) is 11.8 Å². The highest BCUT2D eigenvalue weighted by Crippen LogP contribution is 2.34. The number of hydrogen-bond acceptors (Lipinski definition) is 4. The molecule has 0 spiro atoms.